The van der Waals surface area contributed by atoms with Gasteiger partial charge >= 0.3 is 0 Å². The predicted octanol–water partition coefficient (Wildman–Crippen LogP) is 2.95. The van der Waals surface area contributed by atoms with Crippen molar-refractivity contribution in [1.82, 2.24) is 5.32 Å². The van der Waals surface area contributed by atoms with Crippen molar-refractivity contribution in [3.63, 3.8) is 0 Å². The van der Waals surface area contributed by atoms with Crippen LogP contribution < -0.4 is 5.32 Å². The maximum absolute atomic E-state index is 11.4. The molecule has 1 amide bonds. The van der Waals surface area contributed by atoms with Crippen molar-refractivity contribution in [2.45, 2.75) is 30.2 Å². The summed E-state index contributed by atoms with van der Waals surface area (Å²) in [5, 5.41) is 4.53. The molecule has 0 radical (unpaired) electrons. The molecule has 0 aliphatic rings. The van der Waals surface area contributed by atoms with E-state index in [1.165, 1.54) is 0 Å². The fourth-order valence-corrected chi connectivity index (χ4v) is 1.24. The summed E-state index contributed by atoms with van der Waals surface area (Å²) in [5.41, 5.74) is 0. The van der Waals surface area contributed by atoms with Gasteiger partial charge in [-0.1, -0.05) is 48.7 Å². The van der Waals surface area contributed by atoms with E-state index in [2.05, 4.69) is 27.7 Å². The van der Waals surface area contributed by atoms with Gasteiger partial charge in [-0.05, 0) is 18.1 Å². The van der Waals surface area contributed by atoms with Gasteiger partial charge in [0.2, 0.25) is 9.70 Å². The van der Waals surface area contributed by atoms with Gasteiger partial charge in [0.25, 0.3) is 0 Å². The normalized spacial score (nSPS) is 13.2. The summed E-state index contributed by atoms with van der Waals surface area (Å²) in [4.78, 5) is 15.0. The molecular formula is C8H11Cl3N2OS. The summed E-state index contributed by atoms with van der Waals surface area (Å²) in [7, 11) is 0. The van der Waals surface area contributed by atoms with Crippen molar-refractivity contribution in [3.8, 4) is 0 Å². The van der Waals surface area contributed by atoms with E-state index in [1.54, 1.807) is 0 Å². The minimum atomic E-state index is -1.72. The molecule has 3 nitrogen and oxygen atoms in total. The van der Waals surface area contributed by atoms with Crippen LogP contribution in [0.4, 0.5) is 0 Å². The zero-order valence-electron chi connectivity index (χ0n) is 8.26. The van der Waals surface area contributed by atoms with Crippen molar-refractivity contribution < 1.29 is 4.79 Å². The Bertz CT molecular complexity index is 272. The fourth-order valence-electron chi connectivity index (χ4n) is 0.822. The van der Waals surface area contributed by atoms with Crippen LogP contribution in [0.1, 0.15) is 20.3 Å². The van der Waals surface area contributed by atoms with Gasteiger partial charge in [0.15, 0.2) is 6.17 Å². The maximum atomic E-state index is 11.4. The van der Waals surface area contributed by atoms with E-state index >= 15 is 0 Å². The Morgan fingerprint density at radius 3 is 2.40 bits per heavy atom. The molecule has 0 heterocycles. The Hall–Kier alpha value is 0.140. The molecule has 0 saturated carbocycles. The zero-order chi connectivity index (χ0) is 12.1. The number of amides is 1. The Kier molecular flexibility index (Phi) is 6.73. The van der Waals surface area contributed by atoms with Gasteiger partial charge in [-0.2, -0.15) is 0 Å². The van der Waals surface area contributed by atoms with Crippen LogP contribution in [0.25, 0.3) is 0 Å². The molecule has 1 N–H and O–H groups in total. The first-order valence-corrected chi connectivity index (χ1v) is 5.74. The van der Waals surface area contributed by atoms with Crippen molar-refractivity contribution >= 4 is 58.1 Å². The van der Waals surface area contributed by atoms with Crippen molar-refractivity contribution in [1.29, 1.82) is 0 Å². The topological polar surface area (TPSA) is 41.5 Å². The number of halogens is 3. The smallest absolute Gasteiger partial charge is 0.231 e. The van der Waals surface area contributed by atoms with Crippen LogP contribution >= 0.6 is 47.0 Å². The minimum absolute atomic E-state index is 0.220. The van der Waals surface area contributed by atoms with Gasteiger partial charge in [-0.15, -0.1) is 0 Å². The SMILES string of the molecule is CC(C)CC(=O)NC(N=C=S)C(Cl)(Cl)Cl. The third-order valence-electron chi connectivity index (χ3n) is 1.38. The first-order valence-electron chi connectivity index (χ1n) is 4.20. The summed E-state index contributed by atoms with van der Waals surface area (Å²) < 4.78 is -1.72. The summed E-state index contributed by atoms with van der Waals surface area (Å²) in [6, 6.07) is 0. The average molecular weight is 290 g/mol. The van der Waals surface area contributed by atoms with Crippen LogP contribution in [0.15, 0.2) is 4.99 Å². The summed E-state index contributed by atoms with van der Waals surface area (Å²) in [6.07, 6.45) is -0.657. The molecule has 0 bridgehead atoms. The molecule has 86 valence electrons. The van der Waals surface area contributed by atoms with E-state index in [1.807, 2.05) is 13.8 Å². The summed E-state index contributed by atoms with van der Waals surface area (Å²) >= 11 is 21.2. The molecule has 0 rings (SSSR count). The quantitative estimate of drug-likeness (QED) is 0.491. The Morgan fingerprint density at radius 1 is 1.53 bits per heavy atom. The lowest BCUT2D eigenvalue weighted by Crippen LogP contribution is -2.42. The Morgan fingerprint density at radius 2 is 2.07 bits per heavy atom. The maximum Gasteiger partial charge on any atom is 0.231 e. The molecule has 0 aliphatic heterocycles. The second-order valence-corrected chi connectivity index (χ2v) is 5.88. The standard InChI is InChI=1S/C8H11Cl3N2OS/c1-5(2)3-6(14)13-7(12-4-15)8(9,10)11/h5,7H,3H2,1-2H3,(H,13,14). The highest BCUT2D eigenvalue weighted by molar-refractivity contribution is 7.78. The van der Waals surface area contributed by atoms with E-state index in [0.29, 0.717) is 6.42 Å². The number of hydrogen-bond donors (Lipinski definition) is 1. The first-order chi connectivity index (χ1) is 6.77. The number of thiocarbonyl (C=S) groups is 1. The molecule has 0 aromatic heterocycles. The van der Waals surface area contributed by atoms with E-state index in [0.717, 1.165) is 0 Å². The molecule has 0 aliphatic carbocycles. The monoisotopic (exact) mass is 288 g/mol. The number of alkyl halides is 3. The van der Waals surface area contributed by atoms with Crippen molar-refractivity contribution in [3.05, 3.63) is 0 Å². The van der Waals surface area contributed by atoms with Gasteiger partial charge in [0, 0.05) is 6.42 Å². The number of hydrogen-bond acceptors (Lipinski definition) is 3. The highest BCUT2D eigenvalue weighted by Crippen LogP contribution is 2.30. The Labute approximate surface area is 109 Å². The lowest BCUT2D eigenvalue weighted by Gasteiger charge is -2.20. The number of rotatable bonds is 4. The second-order valence-electron chi connectivity index (χ2n) is 3.33. The number of carbonyl (C=O) groups is 1. The van der Waals surface area contributed by atoms with Crippen LogP contribution in [-0.4, -0.2) is 21.0 Å². The molecule has 0 fully saturated rings. The van der Waals surface area contributed by atoms with E-state index in [-0.39, 0.29) is 11.8 Å². The van der Waals surface area contributed by atoms with Crippen LogP contribution in [0, 0.1) is 5.92 Å². The lowest BCUT2D eigenvalue weighted by molar-refractivity contribution is -0.122. The largest absolute Gasteiger partial charge is 0.330 e. The average Bonchev–Trinajstić information content (AvgIpc) is 2.00. The zero-order valence-corrected chi connectivity index (χ0v) is 11.3. The van der Waals surface area contributed by atoms with Crippen molar-refractivity contribution in [2.24, 2.45) is 10.9 Å². The molecule has 15 heavy (non-hydrogen) atoms. The third-order valence-corrected chi connectivity index (χ3v) is 2.11. The fraction of sp³-hybridized carbons (Fsp3) is 0.750. The van der Waals surface area contributed by atoms with Gasteiger partial charge in [-0.3, -0.25) is 4.79 Å². The molecule has 0 saturated heterocycles. The van der Waals surface area contributed by atoms with Crippen LogP contribution in [-0.2, 0) is 4.79 Å². The highest BCUT2D eigenvalue weighted by Gasteiger charge is 2.33. The predicted molar refractivity (Wildman–Crippen MR) is 66.7 cm³/mol. The van der Waals surface area contributed by atoms with Gasteiger partial charge in [-0.25, -0.2) is 4.99 Å². The van der Waals surface area contributed by atoms with Crippen molar-refractivity contribution in [2.75, 3.05) is 0 Å². The highest BCUT2D eigenvalue weighted by atomic mass is 35.6. The summed E-state index contributed by atoms with van der Waals surface area (Å²) in [6.45, 7) is 3.82. The third kappa shape index (κ3) is 7.09. The number of nitrogens with one attached hydrogen (secondary N) is 1. The molecule has 0 spiro atoms. The Balaban J connectivity index is 4.43. The van der Waals surface area contributed by atoms with E-state index in [9.17, 15) is 4.79 Å². The summed E-state index contributed by atoms with van der Waals surface area (Å²) in [5.74, 6) is -0.0205. The van der Waals surface area contributed by atoms with Crippen LogP contribution in [0.2, 0.25) is 0 Å². The molecular weight excluding hydrogens is 279 g/mol. The molecule has 1 atom stereocenters. The van der Waals surface area contributed by atoms with Gasteiger partial charge < -0.3 is 5.32 Å². The number of carbonyl (C=O) groups excluding carboxylic acids is 1. The van der Waals surface area contributed by atoms with Crippen LogP contribution in [0.5, 0.6) is 0 Å². The van der Waals surface area contributed by atoms with Gasteiger partial charge in [0.1, 0.15) is 0 Å². The number of isothiocyanates is 1. The molecule has 1 unspecified atom stereocenters. The molecule has 0 aromatic rings. The first kappa shape index (κ1) is 15.1. The van der Waals surface area contributed by atoms with Gasteiger partial charge in [0.05, 0.1) is 5.16 Å². The number of nitrogens with zero attached hydrogens (tertiary/aromatic N) is 1. The van der Waals surface area contributed by atoms with Crippen LogP contribution in [0.3, 0.4) is 0 Å². The lowest BCUT2D eigenvalue weighted by atomic mass is 10.1. The second kappa shape index (κ2) is 6.66. The molecule has 7 heteroatoms. The van der Waals surface area contributed by atoms with E-state index in [4.69, 9.17) is 34.8 Å². The number of aliphatic imine (C=N–C) groups is 1. The van der Waals surface area contributed by atoms with E-state index < -0.39 is 9.96 Å². The molecule has 0 aromatic carbocycles. The minimum Gasteiger partial charge on any atom is -0.330 e.